The van der Waals surface area contributed by atoms with Crippen molar-refractivity contribution < 1.29 is 37.5 Å². The number of nitrogens with zero attached hydrogens (tertiary/aromatic N) is 3. The summed E-state index contributed by atoms with van der Waals surface area (Å²) in [5, 5.41) is 29.9. The molecule has 264 valence electrons. The number of aromatic nitrogens is 1. The van der Waals surface area contributed by atoms with Crippen LogP contribution in [0.5, 0.6) is 11.5 Å². The van der Waals surface area contributed by atoms with Crippen LogP contribution in [0, 0.1) is 6.92 Å². The molecule has 2 aliphatic rings. The Kier molecular flexibility index (Phi) is 11.9. The molecule has 0 bridgehead atoms. The van der Waals surface area contributed by atoms with E-state index in [-0.39, 0.29) is 45.6 Å². The first kappa shape index (κ1) is 36.2. The Bertz CT molecular complexity index is 1740. The van der Waals surface area contributed by atoms with E-state index < -0.39 is 45.3 Å². The molecule has 0 spiro atoms. The summed E-state index contributed by atoms with van der Waals surface area (Å²) in [6, 6.07) is 9.79. The summed E-state index contributed by atoms with van der Waals surface area (Å²) in [6.07, 6.45) is 7.04. The minimum Gasteiger partial charge on any atom is -0.504 e. The Morgan fingerprint density at radius 2 is 1.69 bits per heavy atom. The number of sulfonamides is 1. The van der Waals surface area contributed by atoms with E-state index in [4.69, 9.17) is 4.52 Å². The maximum Gasteiger partial charge on any atom is 0.248 e. The third kappa shape index (κ3) is 8.94. The first-order valence-corrected chi connectivity index (χ1v) is 19.1. The van der Waals surface area contributed by atoms with Crippen LogP contribution in [0.1, 0.15) is 75.7 Å². The van der Waals surface area contributed by atoms with Crippen LogP contribution in [0.2, 0.25) is 0 Å². The molecule has 2 heterocycles. The van der Waals surface area contributed by atoms with Crippen molar-refractivity contribution in [1.82, 2.24) is 14.8 Å². The number of piperidine rings is 1. The minimum absolute atomic E-state index is 0.0667. The molecule has 1 saturated heterocycles. The molecule has 1 aromatic heterocycles. The Morgan fingerprint density at radius 1 is 0.980 bits per heavy atom. The number of nitrogens with one attached hydrogen (secondary N) is 2. The second-order valence-corrected chi connectivity index (χ2v) is 15.5. The number of anilines is 2. The maximum atomic E-state index is 14.1. The van der Waals surface area contributed by atoms with Gasteiger partial charge in [0, 0.05) is 30.4 Å². The highest BCUT2D eigenvalue weighted by molar-refractivity contribution is 8.00. The van der Waals surface area contributed by atoms with Crippen LogP contribution >= 0.6 is 11.8 Å². The van der Waals surface area contributed by atoms with Gasteiger partial charge in [0.15, 0.2) is 17.3 Å². The molecular weight excluding hydrogens is 671 g/mol. The smallest absolute Gasteiger partial charge is 0.248 e. The van der Waals surface area contributed by atoms with Crippen LogP contribution in [-0.4, -0.2) is 75.9 Å². The number of hydrogen-bond acceptors (Lipinski definition) is 10. The minimum atomic E-state index is -3.81. The molecule has 1 aliphatic heterocycles. The zero-order valence-corrected chi connectivity index (χ0v) is 29.3. The highest BCUT2D eigenvalue weighted by Gasteiger charge is 2.36. The molecule has 3 amide bonds. The lowest BCUT2D eigenvalue weighted by molar-refractivity contribution is -0.126. The molecule has 1 aliphatic carbocycles. The Morgan fingerprint density at radius 3 is 2.35 bits per heavy atom. The molecule has 15 heteroatoms. The van der Waals surface area contributed by atoms with Gasteiger partial charge in [0.05, 0.1) is 16.4 Å². The number of aryl methyl sites for hydroxylation is 1. The summed E-state index contributed by atoms with van der Waals surface area (Å²) < 4.78 is 33.6. The van der Waals surface area contributed by atoms with E-state index in [1.54, 1.807) is 13.0 Å². The van der Waals surface area contributed by atoms with E-state index in [1.165, 1.54) is 51.7 Å². The number of rotatable bonds is 12. The van der Waals surface area contributed by atoms with Crippen molar-refractivity contribution >= 4 is 51.0 Å². The number of phenols is 2. The van der Waals surface area contributed by atoms with E-state index in [9.17, 15) is 33.0 Å². The van der Waals surface area contributed by atoms with Gasteiger partial charge in [-0.15, -0.1) is 11.8 Å². The van der Waals surface area contributed by atoms with Gasteiger partial charge >= 0.3 is 0 Å². The zero-order chi connectivity index (χ0) is 35.1. The number of carbonyl (C=O) groups is 3. The largest absolute Gasteiger partial charge is 0.504 e. The highest BCUT2D eigenvalue weighted by Crippen LogP contribution is 2.35. The average molecular weight is 714 g/mol. The fraction of sp³-hybridized carbons (Fsp3) is 0.471. The van der Waals surface area contributed by atoms with E-state index >= 15 is 0 Å². The SMILES string of the molecule is Cc1cc(NC(=O)CSCC(=O)N(c2ccc(S(=O)(=O)N3CCCC[C@H]3C)cc2)[C@@H](C(=O)NC2CCCCC2)c2ccc(O)c(O)c2)no1. The number of aromatic hydroxyl groups is 2. The Hall–Kier alpha value is -4.08. The Balaban J connectivity index is 1.46. The first-order valence-electron chi connectivity index (χ1n) is 16.5. The third-order valence-electron chi connectivity index (χ3n) is 8.86. The molecule has 3 aromatic rings. The van der Waals surface area contributed by atoms with E-state index in [0.717, 1.165) is 63.1 Å². The summed E-state index contributed by atoms with van der Waals surface area (Å²) in [7, 11) is -3.81. The van der Waals surface area contributed by atoms with Gasteiger partial charge in [-0.1, -0.05) is 36.9 Å². The van der Waals surface area contributed by atoms with Crippen molar-refractivity contribution in [3.63, 3.8) is 0 Å². The molecule has 1 saturated carbocycles. The number of hydrogen-bond donors (Lipinski definition) is 4. The molecule has 5 rings (SSSR count). The lowest BCUT2D eigenvalue weighted by Crippen LogP contribution is -2.48. The molecule has 49 heavy (non-hydrogen) atoms. The average Bonchev–Trinajstić information content (AvgIpc) is 3.49. The van der Waals surface area contributed by atoms with Gasteiger partial charge in [-0.2, -0.15) is 4.31 Å². The maximum absolute atomic E-state index is 14.1. The molecule has 2 atom stereocenters. The van der Waals surface area contributed by atoms with Crippen molar-refractivity contribution in [1.29, 1.82) is 0 Å². The lowest BCUT2D eigenvalue weighted by atomic mass is 9.94. The predicted molar refractivity (Wildman–Crippen MR) is 186 cm³/mol. The molecule has 4 N–H and O–H groups in total. The monoisotopic (exact) mass is 713 g/mol. The van der Waals surface area contributed by atoms with Crippen molar-refractivity contribution in [3.8, 4) is 11.5 Å². The second-order valence-electron chi connectivity index (χ2n) is 12.6. The van der Waals surface area contributed by atoms with Crippen LogP contribution in [0.4, 0.5) is 11.5 Å². The topological polar surface area (TPSA) is 182 Å². The fourth-order valence-electron chi connectivity index (χ4n) is 6.34. The molecule has 0 radical (unpaired) electrons. The van der Waals surface area contributed by atoms with Crippen LogP contribution < -0.4 is 15.5 Å². The molecule has 13 nitrogen and oxygen atoms in total. The molecule has 2 fully saturated rings. The molecular formula is C34H43N5O8S2. The van der Waals surface area contributed by atoms with Gasteiger partial charge in [-0.25, -0.2) is 8.42 Å². The van der Waals surface area contributed by atoms with E-state index in [2.05, 4.69) is 15.8 Å². The summed E-state index contributed by atoms with van der Waals surface area (Å²) in [5.74, 6) is -1.84. The van der Waals surface area contributed by atoms with E-state index in [1.807, 2.05) is 6.92 Å². The van der Waals surface area contributed by atoms with Gasteiger partial charge < -0.3 is 25.4 Å². The summed E-state index contributed by atoms with van der Waals surface area (Å²) in [5.41, 5.74) is 0.482. The lowest BCUT2D eigenvalue weighted by Gasteiger charge is -2.34. The predicted octanol–water partition coefficient (Wildman–Crippen LogP) is 4.85. The quantitative estimate of drug-likeness (QED) is 0.189. The van der Waals surface area contributed by atoms with Crippen LogP contribution in [0.15, 0.2) is 57.9 Å². The van der Waals surface area contributed by atoms with Crippen molar-refractivity contribution in [2.45, 2.75) is 88.2 Å². The van der Waals surface area contributed by atoms with Crippen LogP contribution in [0.25, 0.3) is 0 Å². The number of amides is 3. The van der Waals surface area contributed by atoms with Crippen molar-refractivity contribution in [2.75, 3.05) is 28.3 Å². The highest BCUT2D eigenvalue weighted by atomic mass is 32.2. The fourth-order valence-corrected chi connectivity index (χ4v) is 8.71. The first-order chi connectivity index (χ1) is 23.4. The van der Waals surface area contributed by atoms with Gasteiger partial charge in [0.1, 0.15) is 11.8 Å². The van der Waals surface area contributed by atoms with Gasteiger partial charge in [-0.05, 0) is 81.5 Å². The number of thioether (sulfide) groups is 1. The molecule has 2 aromatic carbocycles. The zero-order valence-electron chi connectivity index (χ0n) is 27.6. The van der Waals surface area contributed by atoms with Gasteiger partial charge in [0.2, 0.25) is 27.7 Å². The van der Waals surface area contributed by atoms with Crippen molar-refractivity contribution in [2.24, 2.45) is 0 Å². The normalized spacial score (nSPS) is 18.0. The number of benzene rings is 2. The summed E-state index contributed by atoms with van der Waals surface area (Å²) >= 11 is 1.03. The van der Waals surface area contributed by atoms with Crippen molar-refractivity contribution in [3.05, 3.63) is 59.9 Å². The standard InChI is InChI=1S/C34H43N5O8S2/c1-22-8-6-7-17-38(22)49(45,46)27-14-12-26(13-15-27)39(32(43)21-48-20-31(42)36-30-18-23(2)47-37-30)33(24-11-16-28(40)29(41)19-24)34(44)35-25-9-4-3-5-10-25/h11-16,18-19,22,25,33,40-41H,3-10,17,20-21H2,1-2H3,(H,35,44)(H,36,37,42)/t22-,33-/m1/s1. The van der Waals surface area contributed by atoms with Gasteiger partial charge in [-0.3, -0.25) is 19.3 Å². The Labute approximate surface area is 290 Å². The number of phenolic OH excluding ortho intramolecular Hbond substituents is 2. The second kappa shape index (κ2) is 16.1. The third-order valence-corrected chi connectivity index (χ3v) is 11.8. The number of carbonyl (C=O) groups excluding carboxylic acids is 3. The van der Waals surface area contributed by atoms with Gasteiger partial charge in [0.25, 0.3) is 0 Å². The summed E-state index contributed by atoms with van der Waals surface area (Å²) in [4.78, 5) is 42.2. The van der Waals surface area contributed by atoms with Crippen LogP contribution in [-0.2, 0) is 24.4 Å². The summed E-state index contributed by atoms with van der Waals surface area (Å²) in [6.45, 7) is 4.00. The van der Waals surface area contributed by atoms with E-state index in [0.29, 0.717) is 12.3 Å². The molecule has 0 unspecified atom stereocenters. The van der Waals surface area contributed by atoms with Crippen LogP contribution in [0.3, 0.4) is 0 Å².